The predicted octanol–water partition coefficient (Wildman–Crippen LogP) is 5.53. The summed E-state index contributed by atoms with van der Waals surface area (Å²) < 4.78 is 6.67. The predicted molar refractivity (Wildman–Crippen MR) is 150 cm³/mol. The summed E-state index contributed by atoms with van der Waals surface area (Å²) in [6.45, 7) is 7.21. The van der Waals surface area contributed by atoms with Gasteiger partial charge in [0.1, 0.15) is 5.76 Å². The molecule has 36 heavy (non-hydrogen) atoms. The molecule has 1 aliphatic heterocycles. The van der Waals surface area contributed by atoms with E-state index in [-0.39, 0.29) is 16.8 Å². The maximum Gasteiger partial charge on any atom is 0.293 e. The number of benzene rings is 2. The number of thiocarbonyl (C=S) groups is 1. The van der Waals surface area contributed by atoms with Crippen LogP contribution in [0.1, 0.15) is 30.8 Å². The van der Waals surface area contributed by atoms with Crippen LogP contribution in [0, 0.1) is 5.92 Å². The van der Waals surface area contributed by atoms with Crippen LogP contribution in [0.2, 0.25) is 0 Å². The molecule has 1 saturated heterocycles. The highest BCUT2D eigenvalue weighted by Gasteiger charge is 2.21. The molecule has 7 nitrogen and oxygen atoms in total. The summed E-state index contributed by atoms with van der Waals surface area (Å²) >= 11 is 8.72. The second kappa shape index (κ2) is 11.7. The largest absolute Gasteiger partial charge is 0.451 e. The molecule has 2 aromatic carbocycles. The summed E-state index contributed by atoms with van der Waals surface area (Å²) in [5.74, 6) is 0.974. The number of furan rings is 1. The fourth-order valence-electron chi connectivity index (χ4n) is 4.00. The van der Waals surface area contributed by atoms with Crippen molar-refractivity contribution in [1.29, 1.82) is 0 Å². The molecule has 0 bridgehead atoms. The van der Waals surface area contributed by atoms with Gasteiger partial charge in [-0.25, -0.2) is 0 Å². The highest BCUT2D eigenvalue weighted by molar-refractivity contribution is 9.10. The van der Waals surface area contributed by atoms with E-state index in [0.717, 1.165) is 47.6 Å². The first-order valence-corrected chi connectivity index (χ1v) is 13.1. The summed E-state index contributed by atoms with van der Waals surface area (Å²) in [7, 11) is 0. The Hall–Kier alpha value is -3.17. The van der Waals surface area contributed by atoms with Gasteiger partial charge in [0, 0.05) is 54.0 Å². The van der Waals surface area contributed by atoms with Crippen molar-refractivity contribution in [2.75, 3.05) is 36.4 Å². The average Bonchev–Trinajstić information content (AvgIpc) is 3.35. The molecular formula is C27H29BrN4O3S. The second-order valence-electron chi connectivity index (χ2n) is 9.09. The Balaban J connectivity index is 1.27. The Morgan fingerprint density at radius 1 is 0.972 bits per heavy atom. The summed E-state index contributed by atoms with van der Waals surface area (Å²) in [6, 6.07) is 18.9. The van der Waals surface area contributed by atoms with Crippen LogP contribution >= 0.6 is 28.1 Å². The summed E-state index contributed by atoms with van der Waals surface area (Å²) in [5, 5.41) is 5.88. The zero-order chi connectivity index (χ0) is 25.7. The Bertz CT molecular complexity index is 1220. The van der Waals surface area contributed by atoms with Gasteiger partial charge in [0.2, 0.25) is 5.91 Å². The van der Waals surface area contributed by atoms with E-state index in [9.17, 15) is 9.59 Å². The number of hydrogen-bond donors (Lipinski definition) is 2. The monoisotopic (exact) mass is 568 g/mol. The van der Waals surface area contributed by atoms with Crippen molar-refractivity contribution in [3.05, 3.63) is 70.9 Å². The quantitative estimate of drug-likeness (QED) is 0.381. The van der Waals surface area contributed by atoms with E-state index in [2.05, 4.69) is 45.3 Å². The van der Waals surface area contributed by atoms with Gasteiger partial charge in [-0.2, -0.15) is 0 Å². The smallest absolute Gasteiger partial charge is 0.293 e. The van der Waals surface area contributed by atoms with Crippen molar-refractivity contribution in [3.8, 4) is 11.3 Å². The number of amides is 2. The van der Waals surface area contributed by atoms with Gasteiger partial charge in [0.15, 0.2) is 10.9 Å². The number of piperazine rings is 1. The zero-order valence-corrected chi connectivity index (χ0v) is 22.7. The highest BCUT2D eigenvalue weighted by Crippen LogP contribution is 2.24. The molecule has 2 N–H and O–H groups in total. The minimum Gasteiger partial charge on any atom is -0.451 e. The first-order chi connectivity index (χ1) is 17.3. The lowest BCUT2D eigenvalue weighted by Gasteiger charge is -2.36. The molecular weight excluding hydrogens is 540 g/mol. The number of rotatable bonds is 6. The third kappa shape index (κ3) is 6.73. The first kappa shape index (κ1) is 25.9. The summed E-state index contributed by atoms with van der Waals surface area (Å²) in [4.78, 5) is 29.1. The van der Waals surface area contributed by atoms with Crippen molar-refractivity contribution in [2.24, 2.45) is 5.92 Å². The summed E-state index contributed by atoms with van der Waals surface area (Å²) in [6.07, 6.45) is 0.600. The van der Waals surface area contributed by atoms with Crippen molar-refractivity contribution < 1.29 is 14.0 Å². The number of halogens is 1. The molecule has 0 saturated carbocycles. The minimum atomic E-state index is -0.419. The number of carbonyl (C=O) groups excluding carboxylic acids is 2. The van der Waals surface area contributed by atoms with Crippen molar-refractivity contribution in [3.63, 3.8) is 0 Å². The van der Waals surface area contributed by atoms with Crippen LogP contribution < -0.4 is 15.5 Å². The molecule has 1 aliphatic rings. The van der Waals surface area contributed by atoms with Crippen LogP contribution in [-0.2, 0) is 4.79 Å². The van der Waals surface area contributed by atoms with Gasteiger partial charge in [-0.3, -0.25) is 14.9 Å². The van der Waals surface area contributed by atoms with Crippen LogP contribution in [0.5, 0.6) is 0 Å². The normalized spacial score (nSPS) is 13.6. The van der Waals surface area contributed by atoms with Gasteiger partial charge in [-0.05, 0) is 66.7 Å². The van der Waals surface area contributed by atoms with E-state index >= 15 is 0 Å². The standard InChI is InChI=1S/C27H29BrN4O3S/c1-18(2)17-25(33)32-15-13-31(14-16-32)22-9-7-21(8-10-22)29-27(36)30-26(34)24-12-11-23(35-24)19-3-5-20(28)6-4-19/h3-12,18H,13-17H2,1-2H3,(H2,29,30,34,36). The van der Waals surface area contributed by atoms with Gasteiger partial charge in [0.25, 0.3) is 5.91 Å². The molecule has 9 heteroatoms. The fourth-order valence-corrected chi connectivity index (χ4v) is 4.48. The van der Waals surface area contributed by atoms with Crippen LogP contribution in [0.15, 0.2) is 69.6 Å². The number of hydrogen-bond acceptors (Lipinski definition) is 5. The SMILES string of the molecule is CC(C)CC(=O)N1CCN(c2ccc(NC(=S)NC(=O)c3ccc(-c4ccc(Br)cc4)o3)cc2)CC1. The molecule has 188 valence electrons. The Morgan fingerprint density at radius 3 is 2.28 bits per heavy atom. The van der Waals surface area contributed by atoms with E-state index in [4.69, 9.17) is 16.6 Å². The Morgan fingerprint density at radius 2 is 1.64 bits per heavy atom. The maximum atomic E-state index is 12.6. The van der Waals surface area contributed by atoms with Gasteiger partial charge in [-0.1, -0.05) is 41.9 Å². The van der Waals surface area contributed by atoms with Gasteiger partial charge in [-0.15, -0.1) is 0 Å². The molecule has 2 heterocycles. The van der Waals surface area contributed by atoms with Crippen molar-refractivity contribution >= 4 is 56.4 Å². The highest BCUT2D eigenvalue weighted by atomic mass is 79.9. The lowest BCUT2D eigenvalue weighted by molar-refractivity contribution is -0.132. The molecule has 1 aromatic heterocycles. The molecule has 4 rings (SSSR count). The van der Waals surface area contributed by atoms with Crippen molar-refractivity contribution in [1.82, 2.24) is 10.2 Å². The molecule has 2 amide bonds. The molecule has 0 atom stereocenters. The van der Waals surface area contributed by atoms with Crippen LogP contribution in [0.3, 0.4) is 0 Å². The van der Waals surface area contributed by atoms with Gasteiger partial charge >= 0.3 is 0 Å². The molecule has 1 fully saturated rings. The van der Waals surface area contributed by atoms with Crippen LogP contribution in [-0.4, -0.2) is 48.0 Å². The second-order valence-corrected chi connectivity index (χ2v) is 10.4. The van der Waals surface area contributed by atoms with Crippen LogP contribution in [0.4, 0.5) is 11.4 Å². The molecule has 0 radical (unpaired) electrons. The van der Waals surface area contributed by atoms with E-state index in [0.29, 0.717) is 18.1 Å². The van der Waals surface area contributed by atoms with E-state index in [1.807, 2.05) is 53.4 Å². The lowest BCUT2D eigenvalue weighted by atomic mass is 10.1. The molecule has 3 aromatic rings. The third-order valence-corrected chi connectivity index (χ3v) is 6.62. The third-order valence-electron chi connectivity index (χ3n) is 5.89. The Labute approximate surface area is 225 Å². The van der Waals surface area contributed by atoms with Gasteiger partial charge < -0.3 is 19.5 Å². The first-order valence-electron chi connectivity index (χ1n) is 11.9. The lowest BCUT2D eigenvalue weighted by Crippen LogP contribution is -2.49. The van der Waals surface area contributed by atoms with Gasteiger partial charge in [0.05, 0.1) is 0 Å². The average molecular weight is 570 g/mol. The minimum absolute atomic E-state index is 0.179. The molecule has 0 unspecified atom stereocenters. The Kier molecular flexibility index (Phi) is 8.43. The van der Waals surface area contributed by atoms with Crippen LogP contribution in [0.25, 0.3) is 11.3 Å². The van der Waals surface area contributed by atoms with E-state index in [1.54, 1.807) is 12.1 Å². The number of carbonyl (C=O) groups is 2. The fraction of sp³-hybridized carbons (Fsp3) is 0.296. The molecule has 0 spiro atoms. The zero-order valence-electron chi connectivity index (χ0n) is 20.3. The topological polar surface area (TPSA) is 77.8 Å². The van der Waals surface area contributed by atoms with E-state index < -0.39 is 5.91 Å². The maximum absolute atomic E-state index is 12.6. The molecule has 0 aliphatic carbocycles. The van der Waals surface area contributed by atoms with E-state index in [1.165, 1.54) is 0 Å². The summed E-state index contributed by atoms with van der Waals surface area (Å²) in [5.41, 5.74) is 2.73. The number of nitrogens with zero attached hydrogens (tertiary/aromatic N) is 2. The number of anilines is 2. The van der Waals surface area contributed by atoms with Crippen molar-refractivity contribution in [2.45, 2.75) is 20.3 Å². The number of nitrogens with one attached hydrogen (secondary N) is 2.